The third-order valence-electron chi connectivity index (χ3n) is 5.21. The molecule has 1 aromatic heterocycles. The van der Waals surface area contributed by atoms with Crippen LogP contribution in [0.5, 0.6) is 0 Å². The molecule has 0 bridgehead atoms. The predicted octanol–water partition coefficient (Wildman–Crippen LogP) is 2.73. The number of pyridine rings is 1. The molecule has 0 unspecified atom stereocenters. The lowest BCUT2D eigenvalue weighted by atomic mass is 10.1. The van der Waals surface area contributed by atoms with Crippen molar-refractivity contribution >= 4 is 17.5 Å². The molecule has 0 atom stereocenters. The number of carbonyl (C=O) groups excluding carboxylic acids is 2. The Kier molecular flexibility index (Phi) is 5.86. The van der Waals surface area contributed by atoms with Gasteiger partial charge in [0.05, 0.1) is 11.1 Å². The SMILES string of the molecule is CCN1CCN(C(=O)c2cncc(C(=O)Nc3cccc(C)c3C)c2)CC1. The summed E-state index contributed by atoms with van der Waals surface area (Å²) in [6, 6.07) is 7.41. The Balaban J connectivity index is 1.72. The van der Waals surface area contributed by atoms with E-state index in [0.717, 1.165) is 36.4 Å². The Morgan fingerprint density at radius 1 is 1.07 bits per heavy atom. The van der Waals surface area contributed by atoms with Crippen LogP contribution in [0.25, 0.3) is 0 Å². The second kappa shape index (κ2) is 8.31. The number of aromatic nitrogens is 1. The average Bonchev–Trinajstić information content (AvgIpc) is 2.71. The Labute approximate surface area is 160 Å². The summed E-state index contributed by atoms with van der Waals surface area (Å²) in [5.74, 6) is -0.332. The lowest BCUT2D eigenvalue weighted by molar-refractivity contribution is 0.0643. The second-order valence-electron chi connectivity index (χ2n) is 6.89. The van der Waals surface area contributed by atoms with Gasteiger partial charge in [-0.25, -0.2) is 0 Å². The van der Waals surface area contributed by atoms with Crippen LogP contribution in [0.15, 0.2) is 36.7 Å². The molecule has 1 N–H and O–H groups in total. The van der Waals surface area contributed by atoms with Crippen molar-refractivity contribution < 1.29 is 9.59 Å². The lowest BCUT2D eigenvalue weighted by Gasteiger charge is -2.34. The standard InChI is InChI=1S/C21H26N4O2/c1-4-24-8-10-25(11-9-24)21(27)18-12-17(13-22-14-18)20(26)23-19-7-5-6-15(2)16(19)3/h5-7,12-14H,4,8-11H2,1-3H3,(H,23,26). The van der Waals surface area contributed by atoms with Crippen molar-refractivity contribution in [3.8, 4) is 0 Å². The van der Waals surface area contributed by atoms with E-state index in [2.05, 4.69) is 22.1 Å². The molecule has 2 aromatic rings. The first kappa shape index (κ1) is 19.0. The van der Waals surface area contributed by atoms with Crippen LogP contribution in [0.4, 0.5) is 5.69 Å². The zero-order valence-electron chi connectivity index (χ0n) is 16.2. The highest BCUT2D eigenvalue weighted by Gasteiger charge is 2.22. The van der Waals surface area contributed by atoms with E-state index in [4.69, 9.17) is 0 Å². The molecule has 2 heterocycles. The molecule has 3 rings (SSSR count). The van der Waals surface area contributed by atoms with Crippen LogP contribution in [0.1, 0.15) is 38.8 Å². The number of aryl methyl sites for hydroxylation is 1. The molecule has 0 radical (unpaired) electrons. The minimum atomic E-state index is -0.262. The number of carbonyl (C=O) groups is 2. The third-order valence-corrected chi connectivity index (χ3v) is 5.21. The van der Waals surface area contributed by atoms with E-state index in [-0.39, 0.29) is 11.8 Å². The zero-order chi connectivity index (χ0) is 19.4. The maximum absolute atomic E-state index is 12.8. The van der Waals surface area contributed by atoms with E-state index < -0.39 is 0 Å². The first-order chi connectivity index (χ1) is 13.0. The van der Waals surface area contributed by atoms with Gasteiger partial charge in [-0.15, -0.1) is 0 Å². The van der Waals surface area contributed by atoms with Crippen molar-refractivity contribution in [3.63, 3.8) is 0 Å². The summed E-state index contributed by atoms with van der Waals surface area (Å²) >= 11 is 0. The first-order valence-electron chi connectivity index (χ1n) is 9.34. The summed E-state index contributed by atoms with van der Waals surface area (Å²) in [7, 11) is 0. The minimum Gasteiger partial charge on any atom is -0.336 e. The molecule has 2 amide bonds. The normalized spacial score (nSPS) is 14.9. The van der Waals surface area contributed by atoms with Crippen LogP contribution >= 0.6 is 0 Å². The zero-order valence-corrected chi connectivity index (χ0v) is 16.2. The molecule has 6 heteroatoms. The lowest BCUT2D eigenvalue weighted by Crippen LogP contribution is -2.48. The first-order valence-corrected chi connectivity index (χ1v) is 9.34. The van der Waals surface area contributed by atoms with Crippen LogP contribution < -0.4 is 5.32 Å². The molecular formula is C21H26N4O2. The number of hydrogen-bond donors (Lipinski definition) is 1. The summed E-state index contributed by atoms with van der Waals surface area (Å²) < 4.78 is 0. The van der Waals surface area contributed by atoms with Gasteiger partial charge in [-0.2, -0.15) is 0 Å². The number of hydrogen-bond acceptors (Lipinski definition) is 4. The number of anilines is 1. The van der Waals surface area contributed by atoms with Crippen molar-refractivity contribution in [2.45, 2.75) is 20.8 Å². The largest absolute Gasteiger partial charge is 0.336 e. The van der Waals surface area contributed by atoms with E-state index in [9.17, 15) is 9.59 Å². The van der Waals surface area contributed by atoms with Crippen LogP contribution in [-0.2, 0) is 0 Å². The molecule has 27 heavy (non-hydrogen) atoms. The van der Waals surface area contributed by atoms with Gasteiger partial charge in [0.2, 0.25) is 0 Å². The highest BCUT2D eigenvalue weighted by Crippen LogP contribution is 2.19. The third kappa shape index (κ3) is 4.34. The van der Waals surface area contributed by atoms with Crippen LogP contribution in [-0.4, -0.2) is 59.3 Å². The topological polar surface area (TPSA) is 65.5 Å². The molecule has 1 aromatic carbocycles. The Hall–Kier alpha value is -2.73. The number of amides is 2. The van der Waals surface area contributed by atoms with Gasteiger partial charge in [0.1, 0.15) is 0 Å². The number of benzene rings is 1. The van der Waals surface area contributed by atoms with E-state index in [1.807, 2.05) is 36.9 Å². The van der Waals surface area contributed by atoms with Crippen molar-refractivity contribution in [2.24, 2.45) is 0 Å². The van der Waals surface area contributed by atoms with Gasteiger partial charge in [-0.3, -0.25) is 14.6 Å². The predicted molar refractivity (Wildman–Crippen MR) is 106 cm³/mol. The van der Waals surface area contributed by atoms with E-state index >= 15 is 0 Å². The molecular weight excluding hydrogens is 340 g/mol. The van der Waals surface area contributed by atoms with E-state index in [0.29, 0.717) is 24.2 Å². The fourth-order valence-corrected chi connectivity index (χ4v) is 3.21. The molecule has 1 aliphatic rings. The molecule has 1 aliphatic heterocycles. The highest BCUT2D eigenvalue weighted by molar-refractivity contribution is 6.06. The number of rotatable bonds is 4. The van der Waals surface area contributed by atoms with Gasteiger partial charge in [0, 0.05) is 44.3 Å². The van der Waals surface area contributed by atoms with Crippen LogP contribution in [0, 0.1) is 13.8 Å². The summed E-state index contributed by atoms with van der Waals surface area (Å²) in [5.41, 5.74) is 3.75. The Morgan fingerprint density at radius 3 is 2.48 bits per heavy atom. The number of piperazine rings is 1. The van der Waals surface area contributed by atoms with Crippen LogP contribution in [0.2, 0.25) is 0 Å². The summed E-state index contributed by atoms with van der Waals surface area (Å²) in [6.45, 7) is 10.3. The second-order valence-corrected chi connectivity index (χ2v) is 6.89. The van der Waals surface area contributed by atoms with E-state index in [1.54, 1.807) is 6.07 Å². The molecule has 1 fully saturated rings. The molecule has 0 aliphatic carbocycles. The smallest absolute Gasteiger partial charge is 0.257 e. The van der Waals surface area contributed by atoms with Gasteiger partial charge in [-0.05, 0) is 43.7 Å². The Morgan fingerprint density at radius 2 is 1.78 bits per heavy atom. The number of nitrogens with zero attached hydrogens (tertiary/aromatic N) is 3. The molecule has 6 nitrogen and oxygen atoms in total. The van der Waals surface area contributed by atoms with Crippen molar-refractivity contribution in [1.29, 1.82) is 0 Å². The monoisotopic (exact) mass is 366 g/mol. The summed E-state index contributed by atoms with van der Waals surface area (Å²) in [6.07, 6.45) is 3.02. The molecule has 1 saturated heterocycles. The van der Waals surface area contributed by atoms with Gasteiger partial charge >= 0.3 is 0 Å². The minimum absolute atomic E-state index is 0.0698. The average molecular weight is 366 g/mol. The summed E-state index contributed by atoms with van der Waals surface area (Å²) in [5, 5.41) is 2.92. The Bertz CT molecular complexity index is 842. The maximum atomic E-state index is 12.8. The van der Waals surface area contributed by atoms with Gasteiger partial charge in [0.15, 0.2) is 0 Å². The highest BCUT2D eigenvalue weighted by atomic mass is 16.2. The van der Waals surface area contributed by atoms with Gasteiger partial charge in [-0.1, -0.05) is 19.1 Å². The van der Waals surface area contributed by atoms with Crippen molar-refractivity contribution in [2.75, 3.05) is 38.0 Å². The van der Waals surface area contributed by atoms with E-state index in [1.165, 1.54) is 12.4 Å². The van der Waals surface area contributed by atoms with Crippen molar-refractivity contribution in [1.82, 2.24) is 14.8 Å². The van der Waals surface area contributed by atoms with Crippen LogP contribution in [0.3, 0.4) is 0 Å². The fourth-order valence-electron chi connectivity index (χ4n) is 3.21. The quantitative estimate of drug-likeness (QED) is 0.904. The summed E-state index contributed by atoms with van der Waals surface area (Å²) in [4.78, 5) is 33.7. The van der Waals surface area contributed by atoms with Gasteiger partial charge < -0.3 is 15.1 Å². The molecule has 0 spiro atoms. The molecule has 0 saturated carbocycles. The fraction of sp³-hybridized carbons (Fsp3) is 0.381. The molecule has 142 valence electrons. The number of nitrogens with one attached hydrogen (secondary N) is 1. The maximum Gasteiger partial charge on any atom is 0.257 e. The van der Waals surface area contributed by atoms with Crippen molar-refractivity contribution in [3.05, 3.63) is 58.9 Å². The number of likely N-dealkylation sites (N-methyl/N-ethyl adjacent to an activating group) is 1. The van der Waals surface area contributed by atoms with Gasteiger partial charge in [0.25, 0.3) is 11.8 Å².